The summed E-state index contributed by atoms with van der Waals surface area (Å²) in [5.74, 6) is -1.80. The lowest BCUT2D eigenvalue weighted by Crippen LogP contribution is -2.44. The first-order valence-corrected chi connectivity index (χ1v) is 5.44. The van der Waals surface area contributed by atoms with Crippen LogP contribution in [0.3, 0.4) is 0 Å². The molecule has 1 aromatic rings. The number of benzene rings is 1. The van der Waals surface area contributed by atoms with Crippen LogP contribution in [0.25, 0.3) is 0 Å². The Kier molecular flexibility index (Phi) is 3.38. The van der Waals surface area contributed by atoms with Crippen molar-refractivity contribution >= 4 is 5.91 Å². The van der Waals surface area contributed by atoms with Crippen molar-refractivity contribution in [2.24, 2.45) is 0 Å². The molecule has 5 heteroatoms. The molecule has 1 amide bonds. The van der Waals surface area contributed by atoms with Crippen molar-refractivity contribution in [1.82, 2.24) is 4.90 Å². The molecule has 1 unspecified atom stereocenters. The number of hydrogen-bond acceptors (Lipinski definition) is 2. The van der Waals surface area contributed by atoms with Gasteiger partial charge in [-0.05, 0) is 25.1 Å². The summed E-state index contributed by atoms with van der Waals surface area (Å²) in [4.78, 5) is 13.5. The van der Waals surface area contributed by atoms with Crippen molar-refractivity contribution in [1.29, 1.82) is 0 Å². The number of hydrogen-bond donors (Lipinski definition) is 0. The molecule has 17 heavy (non-hydrogen) atoms. The van der Waals surface area contributed by atoms with E-state index in [1.54, 1.807) is 0 Å². The molecule has 3 nitrogen and oxygen atoms in total. The summed E-state index contributed by atoms with van der Waals surface area (Å²) in [7, 11) is 0. The van der Waals surface area contributed by atoms with Crippen LogP contribution in [-0.2, 0) is 4.74 Å². The number of nitrogens with zero attached hydrogens (tertiary/aromatic N) is 1. The van der Waals surface area contributed by atoms with Gasteiger partial charge in [-0.1, -0.05) is 0 Å². The Bertz CT molecular complexity index is 437. The van der Waals surface area contributed by atoms with Gasteiger partial charge in [0.1, 0.15) is 11.6 Å². The van der Waals surface area contributed by atoms with E-state index in [1.807, 2.05) is 6.92 Å². The zero-order chi connectivity index (χ0) is 12.4. The van der Waals surface area contributed by atoms with Gasteiger partial charge in [-0.25, -0.2) is 8.78 Å². The summed E-state index contributed by atoms with van der Waals surface area (Å²) in [6.07, 6.45) is -0.0793. The summed E-state index contributed by atoms with van der Waals surface area (Å²) < 4.78 is 31.7. The van der Waals surface area contributed by atoms with E-state index in [2.05, 4.69) is 0 Å². The largest absolute Gasteiger partial charge is 0.375 e. The van der Waals surface area contributed by atoms with Crippen LogP contribution < -0.4 is 0 Å². The molecule has 2 rings (SSSR count). The maximum Gasteiger partial charge on any atom is 0.257 e. The van der Waals surface area contributed by atoms with Gasteiger partial charge in [-0.2, -0.15) is 0 Å². The Labute approximate surface area is 98.0 Å². The normalized spacial score (nSPS) is 20.4. The van der Waals surface area contributed by atoms with Gasteiger partial charge in [-0.3, -0.25) is 4.79 Å². The average Bonchev–Trinajstić information content (AvgIpc) is 2.31. The molecule has 1 atom stereocenters. The standard InChI is InChI=1S/C12H13F2NO2/c1-8-7-15(4-5-17-8)12(16)10-6-9(13)2-3-11(10)14/h2-3,6,8H,4-5,7H2,1H3. The average molecular weight is 241 g/mol. The highest BCUT2D eigenvalue weighted by Gasteiger charge is 2.24. The Morgan fingerprint density at radius 3 is 2.94 bits per heavy atom. The molecule has 1 aromatic carbocycles. The van der Waals surface area contributed by atoms with Crippen LogP contribution in [0.1, 0.15) is 17.3 Å². The molecule has 0 aliphatic carbocycles. The van der Waals surface area contributed by atoms with Crippen LogP contribution in [0, 0.1) is 11.6 Å². The second-order valence-corrected chi connectivity index (χ2v) is 4.06. The minimum atomic E-state index is -0.699. The van der Waals surface area contributed by atoms with E-state index in [0.29, 0.717) is 19.7 Å². The predicted molar refractivity (Wildman–Crippen MR) is 57.7 cm³/mol. The van der Waals surface area contributed by atoms with Crippen molar-refractivity contribution in [3.8, 4) is 0 Å². The Hall–Kier alpha value is -1.49. The molecular formula is C12H13F2NO2. The van der Waals surface area contributed by atoms with Gasteiger partial charge in [-0.15, -0.1) is 0 Å². The fourth-order valence-corrected chi connectivity index (χ4v) is 1.83. The van der Waals surface area contributed by atoms with E-state index in [1.165, 1.54) is 4.90 Å². The van der Waals surface area contributed by atoms with Crippen LogP contribution in [0.2, 0.25) is 0 Å². The van der Waals surface area contributed by atoms with Crippen molar-refractivity contribution in [2.75, 3.05) is 19.7 Å². The third kappa shape index (κ3) is 2.61. The van der Waals surface area contributed by atoms with E-state index < -0.39 is 17.5 Å². The van der Waals surface area contributed by atoms with Gasteiger partial charge in [0.05, 0.1) is 18.3 Å². The third-order valence-corrected chi connectivity index (χ3v) is 2.69. The zero-order valence-electron chi connectivity index (χ0n) is 9.45. The molecule has 0 aromatic heterocycles. The molecule has 1 aliphatic rings. The van der Waals surface area contributed by atoms with Gasteiger partial charge in [0.15, 0.2) is 0 Å². The predicted octanol–water partition coefficient (Wildman–Crippen LogP) is 1.83. The minimum absolute atomic E-state index is 0.0793. The lowest BCUT2D eigenvalue weighted by atomic mass is 10.1. The first-order chi connectivity index (χ1) is 8.08. The fraction of sp³-hybridized carbons (Fsp3) is 0.417. The SMILES string of the molecule is CC1CN(C(=O)c2cc(F)ccc2F)CCO1. The van der Waals surface area contributed by atoms with Crippen molar-refractivity contribution < 1.29 is 18.3 Å². The second kappa shape index (κ2) is 4.79. The van der Waals surface area contributed by atoms with Crippen LogP contribution in [0.15, 0.2) is 18.2 Å². The topological polar surface area (TPSA) is 29.5 Å². The lowest BCUT2D eigenvalue weighted by molar-refractivity contribution is -0.0126. The van der Waals surface area contributed by atoms with Crippen LogP contribution in [0.5, 0.6) is 0 Å². The Morgan fingerprint density at radius 1 is 1.47 bits per heavy atom. The maximum atomic E-state index is 13.4. The van der Waals surface area contributed by atoms with Crippen molar-refractivity contribution in [3.05, 3.63) is 35.4 Å². The van der Waals surface area contributed by atoms with E-state index in [9.17, 15) is 13.6 Å². The quantitative estimate of drug-likeness (QED) is 0.750. The maximum absolute atomic E-state index is 13.4. The first-order valence-electron chi connectivity index (χ1n) is 5.44. The van der Waals surface area contributed by atoms with Crippen LogP contribution in [-0.4, -0.2) is 36.6 Å². The van der Waals surface area contributed by atoms with E-state index >= 15 is 0 Å². The number of carbonyl (C=O) groups excluding carboxylic acids is 1. The van der Waals surface area contributed by atoms with E-state index in [-0.39, 0.29) is 11.7 Å². The van der Waals surface area contributed by atoms with Crippen molar-refractivity contribution in [3.63, 3.8) is 0 Å². The van der Waals surface area contributed by atoms with E-state index in [4.69, 9.17) is 4.74 Å². The highest BCUT2D eigenvalue weighted by molar-refractivity contribution is 5.94. The molecule has 0 saturated carbocycles. The summed E-state index contributed by atoms with van der Waals surface area (Å²) in [6.45, 7) is 3.05. The van der Waals surface area contributed by atoms with Crippen molar-refractivity contribution in [2.45, 2.75) is 13.0 Å². The fourth-order valence-electron chi connectivity index (χ4n) is 1.83. The number of halogens is 2. The molecule has 0 spiro atoms. The van der Waals surface area contributed by atoms with Gasteiger partial charge >= 0.3 is 0 Å². The first kappa shape index (κ1) is 12.0. The van der Waals surface area contributed by atoms with Gasteiger partial charge in [0.2, 0.25) is 0 Å². The molecule has 0 bridgehead atoms. The summed E-state index contributed by atoms with van der Waals surface area (Å²) >= 11 is 0. The summed E-state index contributed by atoms with van der Waals surface area (Å²) in [6, 6.07) is 2.89. The molecule has 0 N–H and O–H groups in total. The molecule has 1 heterocycles. The number of carbonyl (C=O) groups is 1. The minimum Gasteiger partial charge on any atom is -0.375 e. The Morgan fingerprint density at radius 2 is 2.24 bits per heavy atom. The third-order valence-electron chi connectivity index (χ3n) is 2.69. The van der Waals surface area contributed by atoms with E-state index in [0.717, 1.165) is 18.2 Å². The molecule has 0 radical (unpaired) electrons. The molecule has 1 fully saturated rings. The smallest absolute Gasteiger partial charge is 0.257 e. The molecule has 1 saturated heterocycles. The number of morpholine rings is 1. The van der Waals surface area contributed by atoms with Gasteiger partial charge in [0, 0.05) is 13.1 Å². The van der Waals surface area contributed by atoms with Crippen LogP contribution >= 0.6 is 0 Å². The molecule has 92 valence electrons. The van der Waals surface area contributed by atoms with Gasteiger partial charge < -0.3 is 9.64 Å². The zero-order valence-corrected chi connectivity index (χ0v) is 9.45. The molecular weight excluding hydrogens is 228 g/mol. The monoisotopic (exact) mass is 241 g/mol. The lowest BCUT2D eigenvalue weighted by Gasteiger charge is -2.31. The molecule has 1 aliphatic heterocycles. The highest BCUT2D eigenvalue weighted by Crippen LogP contribution is 2.14. The highest BCUT2D eigenvalue weighted by atomic mass is 19.1. The number of ether oxygens (including phenoxy) is 1. The Balaban J connectivity index is 2.21. The van der Waals surface area contributed by atoms with Crippen LogP contribution in [0.4, 0.5) is 8.78 Å². The number of amides is 1. The van der Waals surface area contributed by atoms with Gasteiger partial charge in [0.25, 0.3) is 5.91 Å². The second-order valence-electron chi connectivity index (χ2n) is 4.06. The number of rotatable bonds is 1. The summed E-state index contributed by atoms with van der Waals surface area (Å²) in [5, 5.41) is 0. The summed E-state index contributed by atoms with van der Waals surface area (Å²) in [5.41, 5.74) is -0.223.